The molecule has 1 fully saturated rings. The zero-order chi connectivity index (χ0) is 15.3. The molecule has 2 nitrogen and oxygen atoms in total. The average Bonchev–Trinajstić information content (AvgIpc) is 2.47. The molecule has 2 atom stereocenters. The van der Waals surface area contributed by atoms with E-state index in [1.54, 1.807) is 0 Å². The minimum Gasteiger partial charge on any atom is -0.369 e. The minimum absolute atomic E-state index is 0.0612. The van der Waals surface area contributed by atoms with Gasteiger partial charge in [-0.2, -0.15) is 0 Å². The molecule has 1 aromatic rings. The highest BCUT2D eigenvalue weighted by molar-refractivity contribution is 5.32. The van der Waals surface area contributed by atoms with Crippen molar-refractivity contribution in [3.8, 4) is 0 Å². The van der Waals surface area contributed by atoms with Gasteiger partial charge in [-0.15, -0.1) is 0 Å². The molecule has 0 bridgehead atoms. The first-order valence-corrected chi connectivity index (χ1v) is 8.45. The Labute approximate surface area is 130 Å². The van der Waals surface area contributed by atoms with Gasteiger partial charge in [0.2, 0.25) is 0 Å². The predicted molar refractivity (Wildman–Crippen MR) is 89.6 cm³/mol. The van der Waals surface area contributed by atoms with Gasteiger partial charge in [0.15, 0.2) is 0 Å². The summed E-state index contributed by atoms with van der Waals surface area (Å²) in [6, 6.07) is 8.82. The minimum atomic E-state index is -0.0612. The maximum Gasteiger partial charge on any atom is 0.0962 e. The number of benzene rings is 1. The number of likely N-dealkylation sites (N-methyl/N-ethyl adjacent to an activating group) is 1. The van der Waals surface area contributed by atoms with Crippen LogP contribution in [0.2, 0.25) is 0 Å². The first kappa shape index (κ1) is 16.5. The third-order valence-electron chi connectivity index (χ3n) is 5.00. The Morgan fingerprint density at radius 3 is 2.67 bits per heavy atom. The number of nitrogens with zero attached hydrogens (tertiary/aromatic N) is 1. The molecule has 0 amide bonds. The Kier molecular flexibility index (Phi) is 5.83. The summed E-state index contributed by atoms with van der Waals surface area (Å²) >= 11 is 0. The molecule has 1 aliphatic rings. The van der Waals surface area contributed by atoms with Crippen LogP contribution in [0.25, 0.3) is 0 Å². The zero-order valence-corrected chi connectivity index (χ0v) is 14.2. The first-order chi connectivity index (χ1) is 10.1. The highest BCUT2D eigenvalue weighted by Crippen LogP contribution is 2.47. The van der Waals surface area contributed by atoms with E-state index in [1.165, 1.54) is 43.2 Å². The summed E-state index contributed by atoms with van der Waals surface area (Å²) in [6.45, 7) is 6.36. The van der Waals surface area contributed by atoms with E-state index in [0.717, 1.165) is 13.2 Å². The number of rotatable bonds is 6. The fourth-order valence-corrected chi connectivity index (χ4v) is 3.83. The summed E-state index contributed by atoms with van der Waals surface area (Å²) in [4.78, 5) is 2.20. The van der Waals surface area contributed by atoms with Gasteiger partial charge in [-0.05, 0) is 50.9 Å². The van der Waals surface area contributed by atoms with Crippen LogP contribution in [0.1, 0.15) is 50.2 Å². The summed E-state index contributed by atoms with van der Waals surface area (Å²) in [6.07, 6.45) is 6.31. The van der Waals surface area contributed by atoms with Crippen molar-refractivity contribution in [2.45, 2.75) is 51.6 Å². The van der Waals surface area contributed by atoms with Gasteiger partial charge in [-0.1, -0.05) is 50.5 Å². The summed E-state index contributed by atoms with van der Waals surface area (Å²) < 4.78 is 6.61. The van der Waals surface area contributed by atoms with Crippen LogP contribution in [0.4, 0.5) is 0 Å². The maximum absolute atomic E-state index is 6.61. The standard InChI is InChI=1S/C19H31NO/c1-5-17-11-8-9-13-19(17,21-15-14-20(3)4)18-12-7-6-10-16(18)2/h6-7,10,12,17H,5,8-9,11,13-15H2,1-4H3. The summed E-state index contributed by atoms with van der Waals surface area (Å²) in [7, 11) is 4.23. The second-order valence-electron chi connectivity index (χ2n) is 6.71. The third-order valence-corrected chi connectivity index (χ3v) is 5.00. The van der Waals surface area contributed by atoms with E-state index in [2.05, 4.69) is 57.1 Å². The molecule has 1 saturated carbocycles. The Morgan fingerprint density at radius 1 is 1.24 bits per heavy atom. The molecule has 0 heterocycles. The quantitative estimate of drug-likeness (QED) is 0.771. The number of hydrogen-bond acceptors (Lipinski definition) is 2. The highest BCUT2D eigenvalue weighted by atomic mass is 16.5. The molecule has 0 aliphatic heterocycles. The number of ether oxygens (including phenoxy) is 1. The lowest BCUT2D eigenvalue weighted by Crippen LogP contribution is -2.42. The van der Waals surface area contributed by atoms with Gasteiger partial charge >= 0.3 is 0 Å². The highest BCUT2D eigenvalue weighted by Gasteiger charge is 2.42. The smallest absolute Gasteiger partial charge is 0.0962 e. The van der Waals surface area contributed by atoms with Crippen LogP contribution >= 0.6 is 0 Å². The van der Waals surface area contributed by atoms with Crippen LogP contribution in [-0.2, 0) is 10.3 Å². The fraction of sp³-hybridized carbons (Fsp3) is 0.684. The maximum atomic E-state index is 6.61. The van der Waals surface area contributed by atoms with E-state index in [-0.39, 0.29) is 5.60 Å². The monoisotopic (exact) mass is 289 g/mol. The van der Waals surface area contributed by atoms with E-state index in [4.69, 9.17) is 4.74 Å². The van der Waals surface area contributed by atoms with Crippen molar-refractivity contribution in [3.05, 3.63) is 35.4 Å². The SMILES string of the molecule is CCC1CCCCC1(OCCN(C)C)c1ccccc1C. The number of hydrogen-bond donors (Lipinski definition) is 0. The van der Waals surface area contributed by atoms with Gasteiger partial charge in [0.05, 0.1) is 12.2 Å². The summed E-state index contributed by atoms with van der Waals surface area (Å²) in [5.74, 6) is 0.648. The lowest BCUT2D eigenvalue weighted by Gasteiger charge is -2.45. The molecule has 0 saturated heterocycles. The van der Waals surface area contributed by atoms with Crippen LogP contribution in [-0.4, -0.2) is 32.1 Å². The predicted octanol–water partition coefficient (Wildman–Crippen LogP) is 4.37. The van der Waals surface area contributed by atoms with Gasteiger partial charge in [0.1, 0.15) is 0 Å². The molecule has 21 heavy (non-hydrogen) atoms. The van der Waals surface area contributed by atoms with Crippen molar-refractivity contribution in [3.63, 3.8) is 0 Å². The summed E-state index contributed by atoms with van der Waals surface area (Å²) in [5.41, 5.74) is 2.74. The molecular weight excluding hydrogens is 258 g/mol. The van der Waals surface area contributed by atoms with Crippen LogP contribution < -0.4 is 0 Å². The molecular formula is C19H31NO. The van der Waals surface area contributed by atoms with Gasteiger partial charge in [-0.25, -0.2) is 0 Å². The van der Waals surface area contributed by atoms with Crippen molar-refractivity contribution in [1.82, 2.24) is 4.90 Å². The lowest BCUT2D eigenvalue weighted by molar-refractivity contribution is -0.119. The fourth-order valence-electron chi connectivity index (χ4n) is 3.83. The van der Waals surface area contributed by atoms with Crippen molar-refractivity contribution < 1.29 is 4.74 Å². The van der Waals surface area contributed by atoms with Crippen molar-refractivity contribution in [2.24, 2.45) is 5.92 Å². The van der Waals surface area contributed by atoms with Gasteiger partial charge in [0.25, 0.3) is 0 Å². The molecule has 0 N–H and O–H groups in total. The zero-order valence-electron chi connectivity index (χ0n) is 14.2. The van der Waals surface area contributed by atoms with Crippen LogP contribution in [0.3, 0.4) is 0 Å². The van der Waals surface area contributed by atoms with Gasteiger partial charge in [0, 0.05) is 6.54 Å². The van der Waals surface area contributed by atoms with Crippen molar-refractivity contribution in [2.75, 3.05) is 27.2 Å². The number of aryl methyl sites for hydroxylation is 1. The van der Waals surface area contributed by atoms with E-state index in [0.29, 0.717) is 5.92 Å². The Morgan fingerprint density at radius 2 is 2.00 bits per heavy atom. The van der Waals surface area contributed by atoms with E-state index < -0.39 is 0 Å². The molecule has 1 aliphatic carbocycles. The van der Waals surface area contributed by atoms with E-state index in [1.807, 2.05) is 0 Å². The normalized spacial score (nSPS) is 26.2. The molecule has 118 valence electrons. The van der Waals surface area contributed by atoms with Crippen LogP contribution in [0.15, 0.2) is 24.3 Å². The molecule has 2 unspecified atom stereocenters. The van der Waals surface area contributed by atoms with Gasteiger partial charge in [-0.3, -0.25) is 0 Å². The molecule has 0 aromatic heterocycles. The van der Waals surface area contributed by atoms with Crippen LogP contribution in [0.5, 0.6) is 0 Å². The molecule has 1 aromatic carbocycles. The molecule has 0 spiro atoms. The van der Waals surface area contributed by atoms with Crippen molar-refractivity contribution >= 4 is 0 Å². The second-order valence-corrected chi connectivity index (χ2v) is 6.71. The van der Waals surface area contributed by atoms with Crippen LogP contribution in [0, 0.1) is 12.8 Å². The molecule has 2 rings (SSSR count). The average molecular weight is 289 g/mol. The van der Waals surface area contributed by atoms with E-state index in [9.17, 15) is 0 Å². The Hall–Kier alpha value is -0.860. The second kappa shape index (κ2) is 7.42. The first-order valence-electron chi connectivity index (χ1n) is 8.45. The third kappa shape index (κ3) is 3.67. The lowest BCUT2D eigenvalue weighted by atomic mass is 9.69. The summed E-state index contributed by atoms with van der Waals surface area (Å²) in [5, 5.41) is 0. The largest absolute Gasteiger partial charge is 0.369 e. The van der Waals surface area contributed by atoms with Crippen molar-refractivity contribution in [1.29, 1.82) is 0 Å². The molecule has 0 radical (unpaired) electrons. The van der Waals surface area contributed by atoms with Gasteiger partial charge < -0.3 is 9.64 Å². The topological polar surface area (TPSA) is 12.5 Å². The Balaban J connectivity index is 2.31. The van der Waals surface area contributed by atoms with E-state index >= 15 is 0 Å². The Bertz CT molecular complexity index is 443. The molecule has 2 heteroatoms.